The third kappa shape index (κ3) is 3.69. The second-order valence-electron chi connectivity index (χ2n) is 4.01. The highest BCUT2D eigenvalue weighted by molar-refractivity contribution is 6.33. The van der Waals surface area contributed by atoms with Crippen molar-refractivity contribution in [2.45, 2.75) is 13.3 Å². The number of amides is 1. The Kier molecular flexibility index (Phi) is 4.40. The summed E-state index contributed by atoms with van der Waals surface area (Å²) in [6.45, 7) is 2.08. The van der Waals surface area contributed by atoms with E-state index in [1.54, 1.807) is 0 Å². The van der Waals surface area contributed by atoms with Crippen LogP contribution in [0, 0.1) is 0 Å². The van der Waals surface area contributed by atoms with Gasteiger partial charge in [-0.05, 0) is 36.2 Å². The molecule has 0 bridgehead atoms. The first kappa shape index (κ1) is 13.8. The maximum Gasteiger partial charge on any atom is 0.255 e. The Morgan fingerprint density at radius 1 is 1.16 bits per heavy atom. The predicted octanol–water partition coefficient (Wildman–Crippen LogP) is 4.20. The second-order valence-corrected chi connectivity index (χ2v) is 4.78. The molecule has 1 heterocycles. The molecule has 1 amide bonds. The Bertz CT molecular complexity index is 577. The van der Waals surface area contributed by atoms with Gasteiger partial charge in [-0.25, -0.2) is 4.98 Å². The van der Waals surface area contributed by atoms with Gasteiger partial charge in [0.25, 0.3) is 5.91 Å². The summed E-state index contributed by atoms with van der Waals surface area (Å²) < 4.78 is 0. The normalized spacial score (nSPS) is 10.3. The minimum Gasteiger partial charge on any atom is -0.322 e. The second kappa shape index (κ2) is 6.04. The van der Waals surface area contributed by atoms with Crippen LogP contribution >= 0.6 is 23.2 Å². The standard InChI is InChI=1S/C14H12Cl2N2O/c1-2-9-3-5-11(6-4-9)17-14(19)10-7-12(15)18-13(16)8-10/h3-8H,2H2,1H3,(H,17,19). The lowest BCUT2D eigenvalue weighted by atomic mass is 10.1. The number of halogens is 2. The fourth-order valence-corrected chi connectivity index (χ4v) is 2.08. The van der Waals surface area contributed by atoms with Gasteiger partial charge in [-0.2, -0.15) is 0 Å². The van der Waals surface area contributed by atoms with Gasteiger partial charge in [0.15, 0.2) is 0 Å². The molecule has 0 fully saturated rings. The van der Waals surface area contributed by atoms with Crippen LogP contribution in [0.3, 0.4) is 0 Å². The van der Waals surface area contributed by atoms with Gasteiger partial charge in [0.2, 0.25) is 0 Å². The van der Waals surface area contributed by atoms with E-state index in [9.17, 15) is 4.79 Å². The van der Waals surface area contributed by atoms with Crippen molar-refractivity contribution in [2.24, 2.45) is 0 Å². The Hall–Kier alpha value is -1.58. The van der Waals surface area contributed by atoms with Gasteiger partial charge in [-0.1, -0.05) is 42.3 Å². The van der Waals surface area contributed by atoms with Crippen molar-refractivity contribution < 1.29 is 4.79 Å². The molecule has 1 aromatic carbocycles. The third-order valence-corrected chi connectivity index (χ3v) is 3.03. The van der Waals surface area contributed by atoms with E-state index >= 15 is 0 Å². The average Bonchev–Trinajstić information content (AvgIpc) is 2.38. The fourth-order valence-electron chi connectivity index (χ4n) is 1.62. The maximum atomic E-state index is 12.0. The molecule has 0 aliphatic rings. The van der Waals surface area contributed by atoms with Gasteiger partial charge in [-0.15, -0.1) is 0 Å². The molecule has 0 aliphatic heterocycles. The van der Waals surface area contributed by atoms with Gasteiger partial charge in [0.05, 0.1) is 0 Å². The van der Waals surface area contributed by atoms with E-state index in [0.717, 1.165) is 12.1 Å². The summed E-state index contributed by atoms with van der Waals surface area (Å²) in [6, 6.07) is 10.6. The number of hydrogen-bond acceptors (Lipinski definition) is 2. The number of anilines is 1. The molecular formula is C14H12Cl2N2O. The Morgan fingerprint density at radius 3 is 2.26 bits per heavy atom. The minimum absolute atomic E-state index is 0.194. The van der Waals surface area contributed by atoms with Gasteiger partial charge >= 0.3 is 0 Å². The van der Waals surface area contributed by atoms with Gasteiger partial charge in [0.1, 0.15) is 10.3 Å². The molecule has 2 aromatic rings. The molecule has 19 heavy (non-hydrogen) atoms. The molecule has 2 rings (SSSR count). The van der Waals surface area contributed by atoms with E-state index < -0.39 is 0 Å². The molecule has 0 radical (unpaired) electrons. The predicted molar refractivity (Wildman–Crippen MR) is 78.0 cm³/mol. The van der Waals surface area contributed by atoms with Gasteiger partial charge < -0.3 is 5.32 Å². The number of pyridine rings is 1. The van der Waals surface area contributed by atoms with Crippen LogP contribution in [0.4, 0.5) is 5.69 Å². The van der Waals surface area contributed by atoms with Crippen molar-refractivity contribution in [1.29, 1.82) is 0 Å². The van der Waals surface area contributed by atoms with Crippen molar-refractivity contribution >= 4 is 34.8 Å². The van der Waals surface area contributed by atoms with Crippen LogP contribution in [0.5, 0.6) is 0 Å². The van der Waals surface area contributed by atoms with Crippen molar-refractivity contribution in [1.82, 2.24) is 4.98 Å². The van der Waals surface area contributed by atoms with E-state index in [0.29, 0.717) is 5.56 Å². The number of nitrogens with zero attached hydrogens (tertiary/aromatic N) is 1. The molecule has 1 N–H and O–H groups in total. The highest BCUT2D eigenvalue weighted by atomic mass is 35.5. The first-order valence-electron chi connectivity index (χ1n) is 5.82. The summed E-state index contributed by atoms with van der Waals surface area (Å²) in [6.07, 6.45) is 0.962. The zero-order valence-electron chi connectivity index (χ0n) is 10.3. The molecule has 0 spiro atoms. The van der Waals surface area contributed by atoms with E-state index in [1.807, 2.05) is 24.3 Å². The van der Waals surface area contributed by atoms with Crippen LogP contribution in [0.25, 0.3) is 0 Å². The van der Waals surface area contributed by atoms with Crippen LogP contribution in [-0.4, -0.2) is 10.9 Å². The van der Waals surface area contributed by atoms with Crippen molar-refractivity contribution in [3.8, 4) is 0 Å². The Balaban J connectivity index is 2.15. The maximum absolute atomic E-state index is 12.0. The summed E-state index contributed by atoms with van der Waals surface area (Å²) in [7, 11) is 0. The summed E-state index contributed by atoms with van der Waals surface area (Å²) >= 11 is 11.5. The summed E-state index contributed by atoms with van der Waals surface area (Å²) in [5.74, 6) is -0.268. The zero-order chi connectivity index (χ0) is 13.8. The van der Waals surface area contributed by atoms with Gasteiger partial charge in [0, 0.05) is 11.3 Å². The molecule has 0 unspecified atom stereocenters. The molecular weight excluding hydrogens is 283 g/mol. The lowest BCUT2D eigenvalue weighted by molar-refractivity contribution is 0.102. The molecule has 0 saturated heterocycles. The SMILES string of the molecule is CCc1ccc(NC(=O)c2cc(Cl)nc(Cl)c2)cc1. The quantitative estimate of drug-likeness (QED) is 0.862. The minimum atomic E-state index is -0.268. The summed E-state index contributed by atoms with van der Waals surface area (Å²) in [5, 5.41) is 3.17. The number of hydrogen-bond donors (Lipinski definition) is 1. The first-order chi connectivity index (χ1) is 9.08. The summed E-state index contributed by atoms with van der Waals surface area (Å²) in [5.41, 5.74) is 2.32. The monoisotopic (exact) mass is 294 g/mol. The molecule has 0 aliphatic carbocycles. The third-order valence-electron chi connectivity index (χ3n) is 2.65. The highest BCUT2D eigenvalue weighted by Gasteiger charge is 2.09. The lowest BCUT2D eigenvalue weighted by Crippen LogP contribution is -2.12. The van der Waals surface area contributed by atoms with Crippen molar-refractivity contribution in [3.05, 3.63) is 57.8 Å². The number of rotatable bonds is 3. The smallest absolute Gasteiger partial charge is 0.255 e. The van der Waals surface area contributed by atoms with E-state index in [1.165, 1.54) is 17.7 Å². The topological polar surface area (TPSA) is 42.0 Å². The molecule has 0 saturated carbocycles. The molecule has 1 aromatic heterocycles. The van der Waals surface area contributed by atoms with E-state index in [2.05, 4.69) is 17.2 Å². The molecule has 5 heteroatoms. The average molecular weight is 295 g/mol. The number of benzene rings is 1. The van der Waals surface area contributed by atoms with Gasteiger partial charge in [-0.3, -0.25) is 4.79 Å². The summed E-state index contributed by atoms with van der Waals surface area (Å²) in [4.78, 5) is 15.8. The van der Waals surface area contributed by atoms with Crippen LogP contribution in [0.15, 0.2) is 36.4 Å². The number of aryl methyl sites for hydroxylation is 1. The molecule has 98 valence electrons. The number of nitrogens with one attached hydrogen (secondary N) is 1. The largest absolute Gasteiger partial charge is 0.322 e. The Morgan fingerprint density at radius 2 is 1.74 bits per heavy atom. The fraction of sp³-hybridized carbons (Fsp3) is 0.143. The zero-order valence-corrected chi connectivity index (χ0v) is 11.8. The van der Waals surface area contributed by atoms with Crippen molar-refractivity contribution in [2.75, 3.05) is 5.32 Å². The van der Waals surface area contributed by atoms with Crippen LogP contribution in [-0.2, 0) is 6.42 Å². The number of carbonyl (C=O) groups is 1. The van der Waals surface area contributed by atoms with Crippen LogP contribution < -0.4 is 5.32 Å². The van der Waals surface area contributed by atoms with Crippen molar-refractivity contribution in [3.63, 3.8) is 0 Å². The molecule has 0 atom stereocenters. The molecule has 3 nitrogen and oxygen atoms in total. The first-order valence-corrected chi connectivity index (χ1v) is 6.57. The highest BCUT2D eigenvalue weighted by Crippen LogP contribution is 2.17. The Labute approximate surface area is 121 Å². The van der Waals surface area contributed by atoms with E-state index in [-0.39, 0.29) is 16.2 Å². The number of carbonyl (C=O) groups excluding carboxylic acids is 1. The number of aromatic nitrogens is 1. The van der Waals surface area contributed by atoms with Crippen LogP contribution in [0.1, 0.15) is 22.8 Å². The van der Waals surface area contributed by atoms with Crippen LogP contribution in [0.2, 0.25) is 10.3 Å². The lowest BCUT2D eigenvalue weighted by Gasteiger charge is -2.06. The van der Waals surface area contributed by atoms with E-state index in [4.69, 9.17) is 23.2 Å².